The van der Waals surface area contributed by atoms with Crippen LogP contribution in [0.25, 0.3) is 0 Å². The van der Waals surface area contributed by atoms with Gasteiger partial charge >= 0.3 is 5.97 Å². The number of benzene rings is 1. The Morgan fingerprint density at radius 1 is 1.14 bits per heavy atom. The molecule has 5 nitrogen and oxygen atoms in total. The fourth-order valence-corrected chi connectivity index (χ4v) is 3.25. The zero-order valence-corrected chi connectivity index (χ0v) is 13.4. The van der Waals surface area contributed by atoms with Crippen LogP contribution in [0.3, 0.4) is 0 Å². The van der Waals surface area contributed by atoms with E-state index in [1.54, 1.807) is 13.2 Å². The third-order valence-corrected chi connectivity index (χ3v) is 4.86. The van der Waals surface area contributed by atoms with E-state index in [0.717, 1.165) is 37.9 Å². The van der Waals surface area contributed by atoms with Crippen LogP contribution < -0.4 is 9.64 Å². The molecule has 1 aromatic rings. The zero-order chi connectivity index (χ0) is 15.5. The molecular weight excluding hydrogens is 280 g/mol. The van der Waals surface area contributed by atoms with Crippen LogP contribution in [-0.2, 0) is 4.74 Å². The van der Waals surface area contributed by atoms with Gasteiger partial charge in [-0.05, 0) is 25.0 Å². The molecule has 1 saturated carbocycles. The molecule has 120 valence electrons. The van der Waals surface area contributed by atoms with Gasteiger partial charge in [0.05, 0.1) is 14.2 Å². The average Bonchev–Trinajstić information content (AvgIpc) is 2.52. The number of methoxy groups -OCH3 is 2. The van der Waals surface area contributed by atoms with Crippen molar-refractivity contribution >= 4 is 11.7 Å². The maximum Gasteiger partial charge on any atom is 0.341 e. The van der Waals surface area contributed by atoms with Crippen molar-refractivity contribution in [1.82, 2.24) is 4.90 Å². The fraction of sp³-hybridized carbons (Fsp3) is 0.588. The van der Waals surface area contributed by atoms with Gasteiger partial charge in [-0.2, -0.15) is 0 Å². The Hall–Kier alpha value is -1.75. The lowest BCUT2D eigenvalue weighted by molar-refractivity contribution is 0.0597. The van der Waals surface area contributed by atoms with Gasteiger partial charge in [-0.1, -0.05) is 6.42 Å². The number of nitrogens with zero attached hydrogens (tertiary/aromatic N) is 2. The minimum absolute atomic E-state index is 0.363. The molecule has 0 N–H and O–H groups in total. The second-order valence-corrected chi connectivity index (χ2v) is 5.98. The highest BCUT2D eigenvalue weighted by atomic mass is 16.5. The van der Waals surface area contributed by atoms with Crippen LogP contribution >= 0.6 is 0 Å². The second-order valence-electron chi connectivity index (χ2n) is 5.98. The van der Waals surface area contributed by atoms with Crippen molar-refractivity contribution in [3.05, 3.63) is 23.8 Å². The van der Waals surface area contributed by atoms with Crippen LogP contribution in [0.1, 0.15) is 29.6 Å². The van der Waals surface area contributed by atoms with Gasteiger partial charge in [-0.3, -0.25) is 4.90 Å². The summed E-state index contributed by atoms with van der Waals surface area (Å²) < 4.78 is 10.1. The van der Waals surface area contributed by atoms with Crippen molar-refractivity contribution in [2.45, 2.75) is 25.3 Å². The maximum absolute atomic E-state index is 11.7. The number of piperazine rings is 1. The summed E-state index contributed by atoms with van der Waals surface area (Å²) in [5.41, 5.74) is 1.58. The molecule has 0 atom stereocenters. The summed E-state index contributed by atoms with van der Waals surface area (Å²) in [5.74, 6) is 0.212. The lowest BCUT2D eigenvalue weighted by Gasteiger charge is -2.43. The molecule has 1 aliphatic heterocycles. The van der Waals surface area contributed by atoms with E-state index in [1.807, 2.05) is 12.1 Å². The van der Waals surface area contributed by atoms with Crippen molar-refractivity contribution in [2.75, 3.05) is 45.3 Å². The van der Waals surface area contributed by atoms with Crippen molar-refractivity contribution in [1.29, 1.82) is 0 Å². The highest BCUT2D eigenvalue weighted by molar-refractivity contribution is 5.93. The van der Waals surface area contributed by atoms with Crippen molar-refractivity contribution in [3.8, 4) is 5.75 Å². The largest absolute Gasteiger partial charge is 0.496 e. The monoisotopic (exact) mass is 304 g/mol. The first-order valence-electron chi connectivity index (χ1n) is 7.98. The Balaban J connectivity index is 1.68. The van der Waals surface area contributed by atoms with E-state index >= 15 is 0 Å². The first-order chi connectivity index (χ1) is 10.7. The minimum atomic E-state index is -0.363. The molecule has 0 aromatic heterocycles. The number of carbonyl (C=O) groups excluding carboxylic acids is 1. The summed E-state index contributed by atoms with van der Waals surface area (Å²) in [6, 6.07) is 6.52. The molecule has 2 fully saturated rings. The highest BCUT2D eigenvalue weighted by Gasteiger charge is 2.28. The highest BCUT2D eigenvalue weighted by Crippen LogP contribution is 2.29. The summed E-state index contributed by atoms with van der Waals surface area (Å²) in [6.07, 6.45) is 4.11. The first-order valence-corrected chi connectivity index (χ1v) is 7.98. The first kappa shape index (κ1) is 15.2. The number of rotatable bonds is 4. The van der Waals surface area contributed by atoms with Crippen LogP contribution in [0, 0.1) is 0 Å². The minimum Gasteiger partial charge on any atom is -0.496 e. The normalized spacial score (nSPS) is 19.6. The molecule has 0 bridgehead atoms. The Morgan fingerprint density at radius 2 is 1.86 bits per heavy atom. The molecule has 3 rings (SSSR count). The Labute approximate surface area is 131 Å². The molecule has 0 unspecified atom stereocenters. The number of anilines is 1. The summed E-state index contributed by atoms with van der Waals surface area (Å²) in [4.78, 5) is 16.7. The predicted molar refractivity (Wildman–Crippen MR) is 85.8 cm³/mol. The molecule has 1 aromatic carbocycles. The van der Waals surface area contributed by atoms with E-state index in [-0.39, 0.29) is 5.97 Å². The average molecular weight is 304 g/mol. The molecular formula is C17H24N2O3. The second kappa shape index (κ2) is 6.57. The van der Waals surface area contributed by atoms with E-state index in [1.165, 1.54) is 26.4 Å². The number of hydrogen-bond acceptors (Lipinski definition) is 5. The third-order valence-electron chi connectivity index (χ3n) is 4.86. The van der Waals surface area contributed by atoms with Crippen LogP contribution in [0.15, 0.2) is 18.2 Å². The number of ether oxygens (including phenoxy) is 2. The van der Waals surface area contributed by atoms with Gasteiger partial charge in [0, 0.05) is 44.0 Å². The SMILES string of the molecule is COC(=O)c1ccc(N2CCN(C3CCC3)CC2)cc1OC. The van der Waals surface area contributed by atoms with Gasteiger partial charge in [0.15, 0.2) is 0 Å². The van der Waals surface area contributed by atoms with E-state index in [9.17, 15) is 4.79 Å². The summed E-state index contributed by atoms with van der Waals surface area (Å²) >= 11 is 0. The van der Waals surface area contributed by atoms with E-state index < -0.39 is 0 Å². The fourth-order valence-electron chi connectivity index (χ4n) is 3.25. The van der Waals surface area contributed by atoms with Gasteiger partial charge in [0.2, 0.25) is 0 Å². The van der Waals surface area contributed by atoms with Gasteiger partial charge in [0.1, 0.15) is 11.3 Å². The van der Waals surface area contributed by atoms with Gasteiger partial charge in [-0.25, -0.2) is 4.79 Å². The molecule has 0 amide bonds. The van der Waals surface area contributed by atoms with E-state index in [0.29, 0.717) is 11.3 Å². The summed E-state index contributed by atoms with van der Waals surface area (Å²) in [5, 5.41) is 0. The summed E-state index contributed by atoms with van der Waals surface area (Å²) in [6.45, 7) is 4.28. The van der Waals surface area contributed by atoms with Crippen molar-refractivity contribution in [2.24, 2.45) is 0 Å². The Kier molecular flexibility index (Phi) is 4.52. The van der Waals surface area contributed by atoms with Crippen LogP contribution in [0.2, 0.25) is 0 Å². The number of carbonyl (C=O) groups is 1. The van der Waals surface area contributed by atoms with Crippen molar-refractivity contribution < 1.29 is 14.3 Å². The molecule has 5 heteroatoms. The zero-order valence-electron chi connectivity index (χ0n) is 13.4. The lowest BCUT2D eigenvalue weighted by Crippen LogP contribution is -2.52. The van der Waals surface area contributed by atoms with Crippen LogP contribution in [0.5, 0.6) is 5.75 Å². The molecule has 1 aliphatic carbocycles. The van der Waals surface area contributed by atoms with Gasteiger partial charge in [0.25, 0.3) is 0 Å². The van der Waals surface area contributed by atoms with Crippen LogP contribution in [-0.4, -0.2) is 57.3 Å². The third kappa shape index (κ3) is 2.90. The Morgan fingerprint density at radius 3 is 2.41 bits per heavy atom. The lowest BCUT2D eigenvalue weighted by atomic mass is 9.91. The predicted octanol–water partition coefficient (Wildman–Crippen LogP) is 2.16. The standard InChI is InChI=1S/C17H24N2O3/c1-21-16-12-14(6-7-15(16)17(20)22-2)19-10-8-18(9-11-19)13-4-3-5-13/h6-7,12-13H,3-5,8-11H2,1-2H3. The molecule has 1 saturated heterocycles. The quantitative estimate of drug-likeness (QED) is 0.797. The molecule has 2 aliphatic rings. The molecule has 1 heterocycles. The molecule has 0 spiro atoms. The molecule has 0 radical (unpaired) electrons. The number of hydrogen-bond donors (Lipinski definition) is 0. The smallest absolute Gasteiger partial charge is 0.341 e. The Bertz CT molecular complexity index is 535. The summed E-state index contributed by atoms with van der Waals surface area (Å²) in [7, 11) is 2.97. The van der Waals surface area contributed by atoms with Gasteiger partial charge < -0.3 is 14.4 Å². The topological polar surface area (TPSA) is 42.0 Å². The molecule has 22 heavy (non-hydrogen) atoms. The van der Waals surface area contributed by atoms with E-state index in [4.69, 9.17) is 9.47 Å². The van der Waals surface area contributed by atoms with Crippen LogP contribution in [0.4, 0.5) is 5.69 Å². The number of esters is 1. The van der Waals surface area contributed by atoms with Crippen molar-refractivity contribution in [3.63, 3.8) is 0 Å². The maximum atomic E-state index is 11.7. The van der Waals surface area contributed by atoms with E-state index in [2.05, 4.69) is 9.80 Å². The van der Waals surface area contributed by atoms with Gasteiger partial charge in [-0.15, -0.1) is 0 Å².